The lowest BCUT2D eigenvalue weighted by atomic mass is 9.97. The molecule has 6 heteroatoms. The fourth-order valence-electron chi connectivity index (χ4n) is 3.58. The van der Waals surface area contributed by atoms with Crippen molar-refractivity contribution in [1.29, 1.82) is 0 Å². The molecule has 1 saturated heterocycles. The van der Waals surface area contributed by atoms with Gasteiger partial charge >= 0.3 is 0 Å². The van der Waals surface area contributed by atoms with Crippen LogP contribution in [0.3, 0.4) is 0 Å². The smallest absolute Gasteiger partial charge is 0.228 e. The summed E-state index contributed by atoms with van der Waals surface area (Å²) in [6.07, 6.45) is 2.11. The first-order valence-corrected chi connectivity index (χ1v) is 9.57. The third kappa shape index (κ3) is 5.33. The predicted octanol–water partition coefficient (Wildman–Crippen LogP) is 2.57. The van der Waals surface area contributed by atoms with Gasteiger partial charge in [0, 0.05) is 18.8 Å². The van der Waals surface area contributed by atoms with Crippen molar-refractivity contribution in [3.8, 4) is 5.75 Å². The number of piperidine rings is 1. The third-order valence-electron chi connectivity index (χ3n) is 5.12. The minimum Gasteiger partial charge on any atom is -0.497 e. The Morgan fingerprint density at radius 3 is 2.64 bits per heavy atom. The fourth-order valence-corrected chi connectivity index (χ4v) is 3.58. The molecule has 1 aliphatic rings. The molecule has 1 aliphatic heterocycles. The van der Waals surface area contributed by atoms with Gasteiger partial charge < -0.3 is 15.8 Å². The van der Waals surface area contributed by atoms with Gasteiger partial charge in [0.2, 0.25) is 11.8 Å². The second kappa shape index (κ2) is 9.37. The van der Waals surface area contributed by atoms with Crippen molar-refractivity contribution in [3.05, 3.63) is 59.7 Å². The molecule has 148 valence electrons. The second-order valence-electron chi connectivity index (χ2n) is 7.21. The van der Waals surface area contributed by atoms with Gasteiger partial charge in [-0.3, -0.25) is 14.5 Å². The van der Waals surface area contributed by atoms with Crippen LogP contribution in [0.2, 0.25) is 0 Å². The Kier molecular flexibility index (Phi) is 6.66. The number of benzene rings is 2. The van der Waals surface area contributed by atoms with Gasteiger partial charge in [0.1, 0.15) is 5.75 Å². The topological polar surface area (TPSA) is 84.7 Å². The molecule has 0 aliphatic carbocycles. The zero-order valence-electron chi connectivity index (χ0n) is 16.2. The standard InChI is InChI=1S/C22H27N3O3/c1-28-19-10-8-16(9-11-19)13-21(26)24-20-7-3-2-5-17(20)14-25-12-4-6-18(15-25)22(23)27/h2-3,5,7-11,18H,4,6,12-15H2,1H3,(H2,23,27)(H,24,26). The van der Waals surface area contributed by atoms with Gasteiger partial charge in [0.25, 0.3) is 0 Å². The summed E-state index contributed by atoms with van der Waals surface area (Å²) < 4.78 is 5.15. The number of para-hydroxylation sites is 1. The number of methoxy groups -OCH3 is 1. The van der Waals surface area contributed by atoms with Crippen molar-refractivity contribution in [1.82, 2.24) is 4.90 Å². The molecule has 0 radical (unpaired) electrons. The number of amides is 2. The molecule has 2 amide bonds. The summed E-state index contributed by atoms with van der Waals surface area (Å²) in [4.78, 5) is 26.2. The van der Waals surface area contributed by atoms with E-state index < -0.39 is 0 Å². The Balaban J connectivity index is 1.62. The van der Waals surface area contributed by atoms with Crippen molar-refractivity contribution in [2.45, 2.75) is 25.8 Å². The average molecular weight is 381 g/mol. The number of primary amides is 1. The first-order chi connectivity index (χ1) is 13.5. The highest BCUT2D eigenvalue weighted by Crippen LogP contribution is 2.22. The minimum absolute atomic E-state index is 0.0636. The Morgan fingerprint density at radius 2 is 1.93 bits per heavy atom. The van der Waals surface area contributed by atoms with Gasteiger partial charge in [0.15, 0.2) is 0 Å². The molecule has 3 N–H and O–H groups in total. The number of likely N-dealkylation sites (tertiary alicyclic amines) is 1. The molecule has 2 aromatic carbocycles. The first kappa shape index (κ1) is 19.9. The van der Waals surface area contributed by atoms with Crippen molar-refractivity contribution in [3.63, 3.8) is 0 Å². The fraction of sp³-hybridized carbons (Fsp3) is 0.364. The molecule has 1 unspecified atom stereocenters. The summed E-state index contributed by atoms with van der Waals surface area (Å²) in [7, 11) is 1.62. The molecule has 6 nitrogen and oxygen atoms in total. The Morgan fingerprint density at radius 1 is 1.18 bits per heavy atom. The van der Waals surface area contributed by atoms with Crippen LogP contribution in [0.1, 0.15) is 24.0 Å². The van der Waals surface area contributed by atoms with Crippen LogP contribution in [0.5, 0.6) is 5.75 Å². The second-order valence-corrected chi connectivity index (χ2v) is 7.21. The van der Waals surface area contributed by atoms with E-state index in [0.717, 1.165) is 42.0 Å². The van der Waals surface area contributed by atoms with Gasteiger partial charge in [-0.15, -0.1) is 0 Å². The monoisotopic (exact) mass is 381 g/mol. The summed E-state index contributed by atoms with van der Waals surface area (Å²) in [5, 5.41) is 3.02. The summed E-state index contributed by atoms with van der Waals surface area (Å²) >= 11 is 0. The summed E-state index contributed by atoms with van der Waals surface area (Å²) in [6.45, 7) is 2.28. The molecule has 28 heavy (non-hydrogen) atoms. The highest BCUT2D eigenvalue weighted by molar-refractivity contribution is 5.93. The minimum atomic E-state index is -0.231. The number of carbonyl (C=O) groups is 2. The molecular formula is C22H27N3O3. The number of hydrogen-bond donors (Lipinski definition) is 2. The Bertz CT molecular complexity index is 820. The summed E-state index contributed by atoms with van der Waals surface area (Å²) in [6, 6.07) is 15.3. The van der Waals surface area contributed by atoms with Gasteiger partial charge in [-0.05, 0) is 48.7 Å². The van der Waals surface area contributed by atoms with Gasteiger partial charge in [-0.2, -0.15) is 0 Å². The molecule has 2 aromatic rings. The highest BCUT2D eigenvalue weighted by atomic mass is 16.5. The van der Waals surface area contributed by atoms with Crippen LogP contribution >= 0.6 is 0 Å². The van der Waals surface area contributed by atoms with Crippen LogP contribution in [0.25, 0.3) is 0 Å². The van der Waals surface area contributed by atoms with E-state index in [2.05, 4.69) is 10.2 Å². The largest absolute Gasteiger partial charge is 0.497 e. The van der Waals surface area contributed by atoms with E-state index in [1.807, 2.05) is 48.5 Å². The molecule has 0 bridgehead atoms. The lowest BCUT2D eigenvalue weighted by Gasteiger charge is -2.31. The van der Waals surface area contributed by atoms with Crippen LogP contribution < -0.4 is 15.8 Å². The van der Waals surface area contributed by atoms with E-state index in [-0.39, 0.29) is 17.7 Å². The number of nitrogens with zero attached hydrogens (tertiary/aromatic N) is 1. The average Bonchev–Trinajstić information content (AvgIpc) is 2.70. The molecule has 1 heterocycles. The number of nitrogens with one attached hydrogen (secondary N) is 1. The van der Waals surface area contributed by atoms with E-state index >= 15 is 0 Å². The van der Waals surface area contributed by atoms with Gasteiger partial charge in [0.05, 0.1) is 19.4 Å². The van der Waals surface area contributed by atoms with Crippen LogP contribution in [-0.4, -0.2) is 36.9 Å². The number of nitrogens with two attached hydrogens (primary N) is 1. The lowest BCUT2D eigenvalue weighted by molar-refractivity contribution is -0.123. The number of carbonyl (C=O) groups excluding carboxylic acids is 2. The number of anilines is 1. The maximum atomic E-state index is 12.5. The maximum absolute atomic E-state index is 12.5. The normalized spacial score (nSPS) is 17.1. The molecular weight excluding hydrogens is 354 g/mol. The molecule has 1 atom stereocenters. The summed E-state index contributed by atoms with van der Waals surface area (Å²) in [5.74, 6) is 0.382. The van der Waals surface area contributed by atoms with Gasteiger partial charge in [-0.1, -0.05) is 30.3 Å². The third-order valence-corrected chi connectivity index (χ3v) is 5.12. The quantitative estimate of drug-likeness (QED) is 0.772. The van der Waals surface area contributed by atoms with E-state index in [1.54, 1.807) is 7.11 Å². The van der Waals surface area contributed by atoms with E-state index in [9.17, 15) is 9.59 Å². The SMILES string of the molecule is COc1ccc(CC(=O)Nc2ccccc2CN2CCCC(C(N)=O)C2)cc1. The zero-order valence-corrected chi connectivity index (χ0v) is 16.2. The number of rotatable bonds is 7. The molecule has 0 spiro atoms. The number of ether oxygens (including phenoxy) is 1. The molecule has 0 saturated carbocycles. The van der Waals surface area contributed by atoms with Gasteiger partial charge in [-0.25, -0.2) is 0 Å². The lowest BCUT2D eigenvalue weighted by Crippen LogP contribution is -2.40. The first-order valence-electron chi connectivity index (χ1n) is 9.57. The Hall–Kier alpha value is -2.86. The number of hydrogen-bond acceptors (Lipinski definition) is 4. The zero-order chi connectivity index (χ0) is 19.9. The van der Waals surface area contributed by atoms with Crippen LogP contribution in [-0.2, 0) is 22.6 Å². The van der Waals surface area contributed by atoms with Crippen molar-refractivity contribution in [2.75, 3.05) is 25.5 Å². The molecule has 3 rings (SSSR count). The predicted molar refractivity (Wildman–Crippen MR) is 109 cm³/mol. The van der Waals surface area contributed by atoms with Crippen molar-refractivity contribution >= 4 is 17.5 Å². The van der Waals surface area contributed by atoms with Crippen molar-refractivity contribution in [2.24, 2.45) is 11.7 Å². The van der Waals surface area contributed by atoms with Crippen molar-refractivity contribution < 1.29 is 14.3 Å². The highest BCUT2D eigenvalue weighted by Gasteiger charge is 2.24. The molecule has 1 fully saturated rings. The van der Waals surface area contributed by atoms with E-state index in [4.69, 9.17) is 10.5 Å². The van der Waals surface area contributed by atoms with Crippen LogP contribution in [0.15, 0.2) is 48.5 Å². The van der Waals surface area contributed by atoms with Crippen LogP contribution in [0.4, 0.5) is 5.69 Å². The van der Waals surface area contributed by atoms with E-state index in [1.165, 1.54) is 0 Å². The van der Waals surface area contributed by atoms with E-state index in [0.29, 0.717) is 19.5 Å². The molecule has 0 aromatic heterocycles. The van der Waals surface area contributed by atoms with Crippen LogP contribution in [0, 0.1) is 5.92 Å². The summed E-state index contributed by atoms with van der Waals surface area (Å²) in [5.41, 5.74) is 8.25. The Labute approximate surface area is 165 Å². The maximum Gasteiger partial charge on any atom is 0.228 e.